The van der Waals surface area contributed by atoms with Gasteiger partial charge in [0.2, 0.25) is 7.75 Å². The Morgan fingerprint density at radius 1 is 0.969 bits per heavy atom. The summed E-state index contributed by atoms with van der Waals surface area (Å²) >= 11 is 0. The van der Waals surface area contributed by atoms with E-state index in [-0.39, 0.29) is 0 Å². The highest BCUT2D eigenvalue weighted by Crippen LogP contribution is 2.40. The van der Waals surface area contributed by atoms with Crippen LogP contribution in [-0.4, -0.2) is 82.4 Å². The summed E-state index contributed by atoms with van der Waals surface area (Å²) in [4.78, 5) is 17.7. The predicted octanol–water partition coefficient (Wildman–Crippen LogP) is 0.946. The minimum absolute atomic E-state index is 0.397. The lowest BCUT2D eigenvalue weighted by Gasteiger charge is -2.36. The maximum atomic E-state index is 11.0. The Morgan fingerprint density at radius 3 is 2.12 bits per heavy atom. The predicted molar refractivity (Wildman–Crippen MR) is 123 cm³/mol. The maximum Gasteiger partial charge on any atom is 0.296 e. The van der Waals surface area contributed by atoms with Crippen molar-refractivity contribution in [2.24, 2.45) is 4.99 Å². The molecule has 4 fully saturated rings. The van der Waals surface area contributed by atoms with Crippen LogP contribution in [0.25, 0.3) is 0 Å². The number of nitrogens with zero attached hydrogens (tertiary/aromatic N) is 2. The second-order valence-corrected chi connectivity index (χ2v) is 11.0. The number of morpholine rings is 2. The molecule has 4 rings (SSSR count). The lowest BCUT2D eigenvalue weighted by molar-refractivity contribution is -0.819. The topological polar surface area (TPSA) is 99.9 Å². The molecule has 2 saturated heterocycles. The van der Waals surface area contributed by atoms with Crippen molar-refractivity contribution < 1.29 is 28.4 Å². The molecule has 2 saturated carbocycles. The standard InChI is InChI=1S/C17H31N3O.C5H12NO4P/c1-3-7-15(8-4-1)18-17(20-11-13-21-14-12-20)19-16-9-5-2-6-10-16;1-9-11(7,8)6-2-4-10-5-3-6/h15-16H,1-14H2,(H,18,19);2-5H2,1H3,(H,7,8). The van der Waals surface area contributed by atoms with Crippen LogP contribution >= 0.6 is 7.75 Å². The minimum atomic E-state index is -3.75. The Kier molecular flexibility index (Phi) is 11.4. The van der Waals surface area contributed by atoms with Gasteiger partial charge in [0, 0.05) is 26.2 Å². The highest BCUT2D eigenvalue weighted by molar-refractivity contribution is 7.48. The number of hydrogen-bond donors (Lipinski definition) is 2. The number of hydrogen-bond acceptors (Lipinski definition) is 6. The van der Waals surface area contributed by atoms with Gasteiger partial charge in [-0.3, -0.25) is 9.46 Å². The van der Waals surface area contributed by atoms with Crippen LogP contribution in [0.1, 0.15) is 64.2 Å². The lowest BCUT2D eigenvalue weighted by Crippen LogP contribution is -3.18. The molecule has 9 nitrogen and oxygen atoms in total. The van der Waals surface area contributed by atoms with Crippen molar-refractivity contribution in [2.45, 2.75) is 76.3 Å². The zero-order valence-electron chi connectivity index (χ0n) is 19.8. The fourth-order valence-corrected chi connectivity index (χ4v) is 5.72. The molecule has 0 aromatic rings. The van der Waals surface area contributed by atoms with Crippen molar-refractivity contribution in [2.75, 3.05) is 59.7 Å². The molecule has 10 heteroatoms. The van der Waals surface area contributed by atoms with E-state index in [1.165, 1.54) is 86.8 Å². The van der Waals surface area contributed by atoms with Crippen LogP contribution in [0.4, 0.5) is 0 Å². The Balaban J connectivity index is 0.000000222. The van der Waals surface area contributed by atoms with Crippen LogP contribution in [0.5, 0.6) is 0 Å². The van der Waals surface area contributed by atoms with Crippen molar-refractivity contribution >= 4 is 13.7 Å². The molecular weight excluding hydrogens is 431 g/mol. The zero-order valence-corrected chi connectivity index (χ0v) is 20.7. The Labute approximate surface area is 193 Å². The number of rotatable bonds is 4. The summed E-state index contributed by atoms with van der Waals surface area (Å²) in [6.45, 7) is 5.61. The van der Waals surface area contributed by atoms with Gasteiger partial charge in [0.25, 0.3) is 5.96 Å². The summed E-state index contributed by atoms with van der Waals surface area (Å²) in [6.07, 6.45) is 13.5. The van der Waals surface area contributed by atoms with E-state index in [1.54, 1.807) is 0 Å². The van der Waals surface area contributed by atoms with Gasteiger partial charge in [-0.2, -0.15) is 0 Å². The molecule has 0 bridgehead atoms. The summed E-state index contributed by atoms with van der Waals surface area (Å²) in [5.41, 5.74) is 0. The van der Waals surface area contributed by atoms with Crippen LogP contribution in [0.3, 0.4) is 0 Å². The van der Waals surface area contributed by atoms with Gasteiger partial charge in [-0.25, -0.2) is 9.66 Å². The monoisotopic (exact) mass is 474 g/mol. The minimum Gasteiger partial charge on any atom is -0.766 e. The first-order chi connectivity index (χ1) is 15.6. The fourth-order valence-electron chi connectivity index (χ4n) is 4.83. The van der Waals surface area contributed by atoms with Gasteiger partial charge >= 0.3 is 0 Å². The molecule has 2 N–H and O–H groups in total. The van der Waals surface area contributed by atoms with Crippen LogP contribution in [-0.2, 0) is 18.6 Å². The van der Waals surface area contributed by atoms with Gasteiger partial charge in [0.05, 0.1) is 32.5 Å². The number of quaternary nitrogens is 1. The van der Waals surface area contributed by atoms with Crippen molar-refractivity contribution in [3.05, 3.63) is 0 Å². The van der Waals surface area contributed by atoms with Gasteiger partial charge in [0.15, 0.2) is 0 Å². The molecule has 0 aromatic carbocycles. The molecule has 0 amide bonds. The molecule has 2 aliphatic carbocycles. The van der Waals surface area contributed by atoms with Crippen molar-refractivity contribution in [1.29, 1.82) is 0 Å². The highest BCUT2D eigenvalue weighted by Gasteiger charge is 2.26. The number of guanidine groups is 1. The Hall–Kier alpha value is -0.540. The van der Waals surface area contributed by atoms with Crippen molar-refractivity contribution in [3.8, 4) is 0 Å². The Bertz CT molecular complexity index is 599. The van der Waals surface area contributed by atoms with E-state index in [2.05, 4.69) is 9.84 Å². The molecule has 0 radical (unpaired) electrons. The smallest absolute Gasteiger partial charge is 0.296 e. The first kappa shape index (κ1) is 26.1. The third-order valence-electron chi connectivity index (χ3n) is 6.83. The molecular formula is C22H43N4O5P. The van der Waals surface area contributed by atoms with E-state index in [9.17, 15) is 9.46 Å². The lowest BCUT2D eigenvalue weighted by atomic mass is 9.95. The molecule has 32 heavy (non-hydrogen) atoms. The molecule has 1 atom stereocenters. The fraction of sp³-hybridized carbons (Fsp3) is 0.955. The van der Waals surface area contributed by atoms with Crippen molar-refractivity contribution in [1.82, 2.24) is 9.99 Å². The number of ether oxygens (including phenoxy) is 2. The van der Waals surface area contributed by atoms with E-state index >= 15 is 0 Å². The first-order valence-corrected chi connectivity index (χ1v) is 14.0. The summed E-state index contributed by atoms with van der Waals surface area (Å²) in [6, 6.07) is 1.23. The molecule has 1 unspecified atom stereocenters. The average molecular weight is 475 g/mol. The Morgan fingerprint density at radius 2 is 1.53 bits per heavy atom. The third kappa shape index (κ3) is 8.67. The summed E-state index contributed by atoms with van der Waals surface area (Å²) in [7, 11) is -2.58. The molecule has 2 aliphatic heterocycles. The van der Waals surface area contributed by atoms with Crippen LogP contribution in [0.2, 0.25) is 0 Å². The van der Waals surface area contributed by atoms with E-state index in [0.29, 0.717) is 38.4 Å². The SMILES string of the molecule is C1CCC(N=C(NC2CCCCC2)[NH+]2CCOCC2)CC1.COP(=O)([O-])N1CCOCC1. The number of aliphatic imine (C=N–C) groups is 1. The molecule has 0 spiro atoms. The highest BCUT2D eigenvalue weighted by atomic mass is 31.2. The van der Waals surface area contributed by atoms with E-state index in [1.807, 2.05) is 0 Å². The number of nitrogens with one attached hydrogen (secondary N) is 2. The zero-order chi connectivity index (χ0) is 22.7. The summed E-state index contributed by atoms with van der Waals surface area (Å²) in [5, 5.41) is 3.83. The van der Waals surface area contributed by atoms with E-state index in [0.717, 1.165) is 26.3 Å². The van der Waals surface area contributed by atoms with E-state index < -0.39 is 7.75 Å². The summed E-state index contributed by atoms with van der Waals surface area (Å²) < 4.78 is 27.2. The quantitative estimate of drug-likeness (QED) is 0.355. The second-order valence-electron chi connectivity index (χ2n) is 9.18. The first-order valence-electron chi connectivity index (χ1n) is 12.6. The van der Waals surface area contributed by atoms with Gasteiger partial charge in [-0.1, -0.05) is 38.5 Å². The molecule has 186 valence electrons. The van der Waals surface area contributed by atoms with E-state index in [4.69, 9.17) is 14.5 Å². The summed E-state index contributed by atoms with van der Waals surface area (Å²) in [5.74, 6) is 1.26. The van der Waals surface area contributed by atoms with Gasteiger partial charge in [0.1, 0.15) is 13.1 Å². The van der Waals surface area contributed by atoms with Gasteiger partial charge < -0.3 is 24.2 Å². The van der Waals surface area contributed by atoms with Crippen molar-refractivity contribution in [3.63, 3.8) is 0 Å². The molecule has 2 heterocycles. The molecule has 4 aliphatic rings. The maximum absolute atomic E-state index is 11.0. The average Bonchev–Trinajstić information content (AvgIpc) is 2.86. The van der Waals surface area contributed by atoms with Gasteiger partial charge in [-0.15, -0.1) is 0 Å². The third-order valence-corrected chi connectivity index (χ3v) is 8.38. The molecule has 0 aromatic heterocycles. The normalized spacial score (nSPS) is 27.2. The van der Waals surface area contributed by atoms with Gasteiger partial charge in [-0.05, 0) is 25.7 Å². The van der Waals surface area contributed by atoms with Crippen LogP contribution in [0, 0.1) is 0 Å². The van der Waals surface area contributed by atoms with Crippen LogP contribution < -0.4 is 15.1 Å². The second kappa shape index (κ2) is 14.0. The largest absolute Gasteiger partial charge is 0.766 e. The van der Waals surface area contributed by atoms with Crippen LogP contribution in [0.15, 0.2) is 4.99 Å².